The maximum Gasteiger partial charge on any atom is 0.255 e. The molecule has 0 radical (unpaired) electrons. The Balaban J connectivity index is 2.35. The van der Waals surface area contributed by atoms with Gasteiger partial charge in [0.15, 0.2) is 0 Å². The van der Waals surface area contributed by atoms with Gasteiger partial charge < -0.3 is 15.1 Å². The maximum absolute atomic E-state index is 13.5. The topological polar surface area (TPSA) is 52.7 Å². The molecule has 0 heterocycles. The highest BCUT2D eigenvalue weighted by atomic mass is 19.1. The molecule has 32 heavy (non-hydrogen) atoms. The first-order valence-electron chi connectivity index (χ1n) is 11.1. The van der Waals surface area contributed by atoms with Crippen molar-refractivity contribution in [1.82, 2.24) is 4.90 Å². The van der Waals surface area contributed by atoms with E-state index in [1.165, 1.54) is 18.2 Å². The highest BCUT2D eigenvalue weighted by molar-refractivity contribution is 6.04. The van der Waals surface area contributed by atoms with Crippen LogP contribution in [-0.2, 0) is 11.3 Å². The summed E-state index contributed by atoms with van der Waals surface area (Å²) in [6, 6.07) is 11.3. The lowest BCUT2D eigenvalue weighted by atomic mass is 9.91. The van der Waals surface area contributed by atoms with Crippen molar-refractivity contribution in [3.8, 4) is 0 Å². The smallest absolute Gasteiger partial charge is 0.255 e. The van der Waals surface area contributed by atoms with Crippen LogP contribution >= 0.6 is 0 Å². The van der Waals surface area contributed by atoms with Crippen molar-refractivity contribution in [2.45, 2.75) is 60.0 Å². The number of carbonyl (C=O) groups excluding carboxylic acids is 2. The molecule has 5 nitrogen and oxygen atoms in total. The molecule has 2 amide bonds. The van der Waals surface area contributed by atoms with Gasteiger partial charge in [-0.15, -0.1) is 0 Å². The summed E-state index contributed by atoms with van der Waals surface area (Å²) in [5, 5.41) is 2.85. The summed E-state index contributed by atoms with van der Waals surface area (Å²) in [4.78, 5) is 29.6. The van der Waals surface area contributed by atoms with Crippen molar-refractivity contribution in [1.29, 1.82) is 0 Å². The number of anilines is 2. The van der Waals surface area contributed by atoms with E-state index >= 15 is 0 Å². The Hall–Kier alpha value is -2.89. The number of amides is 2. The van der Waals surface area contributed by atoms with E-state index in [9.17, 15) is 14.0 Å². The second kappa shape index (κ2) is 10.6. The van der Waals surface area contributed by atoms with Gasteiger partial charge in [0.25, 0.3) is 5.91 Å². The van der Waals surface area contributed by atoms with E-state index in [1.807, 2.05) is 42.1 Å². The number of carbonyl (C=O) groups is 2. The molecule has 0 aromatic heterocycles. The zero-order valence-electron chi connectivity index (χ0n) is 20.3. The zero-order valence-corrected chi connectivity index (χ0v) is 20.3. The normalized spacial score (nSPS) is 12.2. The Labute approximate surface area is 191 Å². The van der Waals surface area contributed by atoms with E-state index < -0.39 is 5.82 Å². The van der Waals surface area contributed by atoms with E-state index in [1.54, 1.807) is 6.07 Å². The Morgan fingerprint density at radius 2 is 1.78 bits per heavy atom. The van der Waals surface area contributed by atoms with Crippen molar-refractivity contribution in [2.24, 2.45) is 5.41 Å². The third kappa shape index (κ3) is 7.08. The molecule has 0 spiro atoms. The van der Waals surface area contributed by atoms with Crippen molar-refractivity contribution in [3.05, 3.63) is 59.4 Å². The fourth-order valence-electron chi connectivity index (χ4n) is 3.51. The van der Waals surface area contributed by atoms with Crippen molar-refractivity contribution < 1.29 is 14.0 Å². The van der Waals surface area contributed by atoms with Crippen LogP contribution in [0, 0.1) is 11.2 Å². The summed E-state index contributed by atoms with van der Waals surface area (Å²) in [7, 11) is 3.91. The number of rotatable bonds is 8. The van der Waals surface area contributed by atoms with Gasteiger partial charge in [0.2, 0.25) is 5.91 Å². The first kappa shape index (κ1) is 25.4. The number of hydrogen-bond donors (Lipinski definition) is 1. The molecule has 2 rings (SSSR count). The van der Waals surface area contributed by atoms with Crippen LogP contribution in [-0.4, -0.2) is 36.9 Å². The Morgan fingerprint density at radius 3 is 2.34 bits per heavy atom. The van der Waals surface area contributed by atoms with Crippen LogP contribution in [0.15, 0.2) is 42.5 Å². The highest BCUT2D eigenvalue weighted by Crippen LogP contribution is 2.28. The lowest BCUT2D eigenvalue weighted by molar-refractivity contribution is -0.135. The first-order chi connectivity index (χ1) is 14.9. The number of hydrogen-bond acceptors (Lipinski definition) is 3. The number of nitrogens with one attached hydrogen (secondary N) is 1. The summed E-state index contributed by atoms with van der Waals surface area (Å²) in [6.45, 7) is 10.8. The average Bonchev–Trinajstić information content (AvgIpc) is 2.70. The van der Waals surface area contributed by atoms with Crippen LogP contribution < -0.4 is 10.2 Å². The maximum atomic E-state index is 13.5. The summed E-state index contributed by atoms with van der Waals surface area (Å²) in [5.41, 5.74) is 2.67. The van der Waals surface area contributed by atoms with Crippen LogP contribution in [0.5, 0.6) is 0 Å². The second-order valence-corrected chi connectivity index (χ2v) is 9.72. The zero-order chi connectivity index (χ0) is 24.1. The lowest BCUT2D eigenvalue weighted by Gasteiger charge is -2.33. The molecule has 0 unspecified atom stereocenters. The van der Waals surface area contributed by atoms with Crippen molar-refractivity contribution >= 4 is 23.2 Å². The molecule has 0 bridgehead atoms. The van der Waals surface area contributed by atoms with Gasteiger partial charge in [0, 0.05) is 50.0 Å². The number of nitrogens with zero attached hydrogens (tertiary/aromatic N) is 2. The molecular weight excluding hydrogens is 405 g/mol. The Bertz CT molecular complexity index is 950. The molecular formula is C26H36FN3O2. The quantitative estimate of drug-likeness (QED) is 0.571. The van der Waals surface area contributed by atoms with E-state index in [0.29, 0.717) is 18.7 Å². The van der Waals surface area contributed by atoms with Crippen LogP contribution in [0.4, 0.5) is 15.8 Å². The van der Waals surface area contributed by atoms with Crippen LogP contribution in [0.25, 0.3) is 0 Å². The molecule has 6 heteroatoms. The Morgan fingerprint density at radius 1 is 1.09 bits per heavy atom. The molecule has 0 saturated heterocycles. The van der Waals surface area contributed by atoms with E-state index in [0.717, 1.165) is 17.7 Å². The molecule has 1 atom stereocenters. The minimum Gasteiger partial charge on any atom is -0.377 e. The average molecular weight is 442 g/mol. The molecule has 174 valence electrons. The van der Waals surface area contributed by atoms with Gasteiger partial charge in [-0.25, -0.2) is 4.39 Å². The monoisotopic (exact) mass is 441 g/mol. The molecule has 0 aliphatic carbocycles. The minimum atomic E-state index is -0.456. The lowest BCUT2D eigenvalue weighted by Crippen LogP contribution is -2.39. The van der Waals surface area contributed by atoms with Crippen molar-refractivity contribution in [2.75, 3.05) is 24.3 Å². The van der Waals surface area contributed by atoms with Crippen LogP contribution in [0.3, 0.4) is 0 Å². The van der Waals surface area contributed by atoms with Gasteiger partial charge in [-0.05, 0) is 60.7 Å². The summed E-state index contributed by atoms with van der Waals surface area (Å²) in [5.74, 6) is -0.718. The van der Waals surface area contributed by atoms with Gasteiger partial charge in [-0.3, -0.25) is 9.59 Å². The van der Waals surface area contributed by atoms with E-state index in [2.05, 4.69) is 39.9 Å². The highest BCUT2D eigenvalue weighted by Gasteiger charge is 2.25. The van der Waals surface area contributed by atoms with Gasteiger partial charge in [0.1, 0.15) is 5.82 Å². The number of halogens is 1. The molecule has 0 aliphatic rings. The van der Waals surface area contributed by atoms with Gasteiger partial charge in [-0.1, -0.05) is 33.8 Å². The first-order valence-corrected chi connectivity index (χ1v) is 11.1. The molecule has 0 aliphatic heterocycles. The fraction of sp³-hybridized carbons (Fsp3) is 0.462. The third-order valence-electron chi connectivity index (χ3n) is 5.37. The molecule has 0 fully saturated rings. The predicted octanol–water partition coefficient (Wildman–Crippen LogP) is 5.71. The van der Waals surface area contributed by atoms with E-state index in [4.69, 9.17) is 0 Å². The predicted molar refractivity (Wildman–Crippen MR) is 129 cm³/mol. The molecule has 1 N–H and O–H groups in total. The standard InChI is InChI=1S/C26H36FN3O2/c1-8-18(2)30(24(31)16-26(3,4)5)17-20-15-22(12-13-23(20)29(6)7)28-25(32)19-10-9-11-21(27)14-19/h9-15,18H,8,16-17H2,1-7H3,(H,28,32)/t18-/m0/s1. The fourth-order valence-corrected chi connectivity index (χ4v) is 3.51. The Kier molecular flexibility index (Phi) is 8.42. The van der Waals surface area contributed by atoms with Crippen LogP contribution in [0.1, 0.15) is 63.4 Å². The van der Waals surface area contributed by atoms with Crippen molar-refractivity contribution in [3.63, 3.8) is 0 Å². The van der Waals surface area contributed by atoms with E-state index in [-0.39, 0.29) is 28.8 Å². The summed E-state index contributed by atoms with van der Waals surface area (Å²) in [6.07, 6.45) is 1.31. The van der Waals surface area contributed by atoms with Gasteiger partial charge >= 0.3 is 0 Å². The second-order valence-electron chi connectivity index (χ2n) is 9.72. The molecule has 0 saturated carbocycles. The summed E-state index contributed by atoms with van der Waals surface area (Å²) < 4.78 is 13.5. The minimum absolute atomic E-state index is 0.0883. The molecule has 2 aromatic rings. The van der Waals surface area contributed by atoms with Crippen LogP contribution in [0.2, 0.25) is 0 Å². The summed E-state index contributed by atoms with van der Waals surface area (Å²) >= 11 is 0. The van der Waals surface area contributed by atoms with Gasteiger partial charge in [-0.2, -0.15) is 0 Å². The third-order valence-corrected chi connectivity index (χ3v) is 5.37. The SMILES string of the molecule is CC[C@H](C)N(Cc1cc(NC(=O)c2cccc(F)c2)ccc1N(C)C)C(=O)CC(C)(C)C. The molecule has 2 aromatic carbocycles. The largest absolute Gasteiger partial charge is 0.377 e. The number of benzene rings is 2. The van der Waals surface area contributed by atoms with Gasteiger partial charge in [0.05, 0.1) is 0 Å².